The van der Waals surface area contributed by atoms with E-state index >= 15 is 0 Å². The zero-order valence-corrected chi connectivity index (χ0v) is 8.10. The molecule has 6 nitrogen and oxygen atoms in total. The van der Waals surface area contributed by atoms with Crippen molar-refractivity contribution in [2.45, 2.75) is 0 Å². The summed E-state index contributed by atoms with van der Waals surface area (Å²) in [5, 5.41) is 13.4. The Hall–Kier alpha value is -1.95. The first kappa shape index (κ1) is 9.60. The highest BCUT2D eigenvalue weighted by atomic mass is 35.5. The van der Waals surface area contributed by atoms with Gasteiger partial charge in [-0.1, -0.05) is 16.8 Å². The maximum absolute atomic E-state index is 11.4. The van der Waals surface area contributed by atoms with E-state index in [9.17, 15) is 4.79 Å². The molecule has 15 heavy (non-hydrogen) atoms. The third-order valence-electron chi connectivity index (χ3n) is 1.54. The third kappa shape index (κ3) is 2.29. The first-order chi connectivity index (χ1) is 7.25. The Morgan fingerprint density at radius 1 is 1.33 bits per heavy atom. The number of hydrogen-bond acceptors (Lipinski definition) is 5. The maximum atomic E-state index is 11.4. The fourth-order valence-electron chi connectivity index (χ4n) is 0.893. The van der Waals surface area contributed by atoms with Crippen molar-refractivity contribution in [1.29, 1.82) is 0 Å². The van der Waals surface area contributed by atoms with Gasteiger partial charge in [-0.15, -0.1) is 10.2 Å². The second-order valence-electron chi connectivity index (χ2n) is 2.58. The minimum absolute atomic E-state index is 0.173. The van der Waals surface area contributed by atoms with Crippen LogP contribution in [0.5, 0.6) is 0 Å². The topological polar surface area (TPSA) is 80.9 Å². The molecule has 2 aromatic heterocycles. The average molecular weight is 225 g/mol. The van der Waals surface area contributed by atoms with Crippen LogP contribution in [-0.2, 0) is 0 Å². The molecular formula is C8H5ClN4O2. The quantitative estimate of drug-likeness (QED) is 0.833. The molecule has 2 aromatic rings. The molecule has 7 heteroatoms. The van der Waals surface area contributed by atoms with Crippen molar-refractivity contribution in [3.8, 4) is 0 Å². The number of aromatic nitrogens is 3. The molecule has 2 heterocycles. The van der Waals surface area contributed by atoms with Crippen LogP contribution in [0.25, 0.3) is 0 Å². The second-order valence-corrected chi connectivity index (χ2v) is 2.97. The number of rotatable bonds is 2. The molecule has 1 N–H and O–H groups in total. The van der Waals surface area contributed by atoms with Crippen LogP contribution >= 0.6 is 11.6 Å². The maximum Gasteiger partial charge on any atom is 0.279 e. The van der Waals surface area contributed by atoms with Crippen molar-refractivity contribution in [1.82, 2.24) is 15.4 Å². The lowest BCUT2D eigenvalue weighted by atomic mass is 10.4. The van der Waals surface area contributed by atoms with E-state index in [2.05, 4.69) is 25.2 Å². The van der Waals surface area contributed by atoms with Gasteiger partial charge in [0.2, 0.25) is 0 Å². The van der Waals surface area contributed by atoms with Gasteiger partial charge in [-0.3, -0.25) is 4.79 Å². The van der Waals surface area contributed by atoms with Gasteiger partial charge in [0, 0.05) is 6.07 Å². The van der Waals surface area contributed by atoms with Gasteiger partial charge in [0.15, 0.2) is 16.7 Å². The fourth-order valence-corrected chi connectivity index (χ4v) is 0.993. The number of anilines is 1. The number of nitrogens with one attached hydrogen (secondary N) is 1. The van der Waals surface area contributed by atoms with Gasteiger partial charge < -0.3 is 9.84 Å². The molecule has 1 amide bonds. The van der Waals surface area contributed by atoms with Gasteiger partial charge in [0.25, 0.3) is 5.91 Å². The largest absolute Gasteiger partial charge is 0.364 e. The van der Waals surface area contributed by atoms with Gasteiger partial charge in [-0.05, 0) is 12.1 Å². The SMILES string of the molecule is O=C(Nc1ccc(Cl)nn1)c1ccon1. The average Bonchev–Trinajstić information content (AvgIpc) is 2.74. The molecule has 0 bridgehead atoms. The van der Waals surface area contributed by atoms with Crippen LogP contribution in [0.3, 0.4) is 0 Å². The summed E-state index contributed by atoms with van der Waals surface area (Å²) in [5.74, 6) is -0.118. The van der Waals surface area contributed by atoms with Crippen LogP contribution in [0, 0.1) is 0 Å². The Morgan fingerprint density at radius 2 is 2.20 bits per heavy atom. The van der Waals surface area contributed by atoms with Crippen LogP contribution in [0.1, 0.15) is 10.5 Å². The van der Waals surface area contributed by atoms with E-state index in [1.165, 1.54) is 24.5 Å². The Kier molecular flexibility index (Phi) is 2.59. The van der Waals surface area contributed by atoms with E-state index in [4.69, 9.17) is 11.6 Å². The summed E-state index contributed by atoms with van der Waals surface area (Å²) < 4.78 is 4.52. The third-order valence-corrected chi connectivity index (χ3v) is 1.75. The Balaban J connectivity index is 2.09. The van der Waals surface area contributed by atoms with Gasteiger partial charge in [0.05, 0.1) is 0 Å². The highest BCUT2D eigenvalue weighted by molar-refractivity contribution is 6.29. The molecule has 76 valence electrons. The summed E-state index contributed by atoms with van der Waals surface area (Å²) in [6, 6.07) is 4.50. The molecule has 0 aliphatic rings. The lowest BCUT2D eigenvalue weighted by molar-refractivity contribution is 0.101. The van der Waals surface area contributed by atoms with Gasteiger partial charge >= 0.3 is 0 Å². The lowest BCUT2D eigenvalue weighted by Crippen LogP contribution is -2.13. The highest BCUT2D eigenvalue weighted by Crippen LogP contribution is 2.07. The smallest absolute Gasteiger partial charge is 0.279 e. The molecular weight excluding hydrogens is 220 g/mol. The summed E-state index contributed by atoms with van der Waals surface area (Å²) in [7, 11) is 0. The molecule has 0 aromatic carbocycles. The van der Waals surface area contributed by atoms with Crippen molar-refractivity contribution in [3.05, 3.63) is 35.3 Å². The van der Waals surface area contributed by atoms with Crippen molar-refractivity contribution in [3.63, 3.8) is 0 Å². The molecule has 0 atom stereocenters. The molecule has 0 saturated carbocycles. The van der Waals surface area contributed by atoms with E-state index in [0.29, 0.717) is 5.82 Å². The number of amides is 1. The zero-order chi connectivity index (χ0) is 10.7. The van der Waals surface area contributed by atoms with E-state index in [1.807, 2.05) is 0 Å². The lowest BCUT2D eigenvalue weighted by Gasteiger charge is -1.99. The highest BCUT2D eigenvalue weighted by Gasteiger charge is 2.09. The summed E-state index contributed by atoms with van der Waals surface area (Å²) in [6.45, 7) is 0. The second kappa shape index (κ2) is 4.05. The predicted octanol–water partition coefficient (Wildman–Crippen LogP) is 1.37. The molecule has 2 rings (SSSR count). The Bertz CT molecular complexity index is 454. The van der Waals surface area contributed by atoms with Crippen molar-refractivity contribution >= 4 is 23.3 Å². The van der Waals surface area contributed by atoms with E-state index < -0.39 is 5.91 Å². The minimum Gasteiger partial charge on any atom is -0.364 e. The zero-order valence-electron chi connectivity index (χ0n) is 7.35. The van der Waals surface area contributed by atoms with Crippen LogP contribution < -0.4 is 5.32 Å². The van der Waals surface area contributed by atoms with E-state index in [0.717, 1.165) is 0 Å². The molecule has 0 spiro atoms. The van der Waals surface area contributed by atoms with Crippen molar-refractivity contribution in [2.24, 2.45) is 0 Å². The fraction of sp³-hybridized carbons (Fsp3) is 0. The Labute approximate surface area is 89.2 Å². The number of halogens is 1. The molecule has 0 fully saturated rings. The van der Waals surface area contributed by atoms with Gasteiger partial charge in [-0.2, -0.15) is 0 Å². The summed E-state index contributed by atoms with van der Waals surface area (Å²) >= 11 is 5.53. The van der Waals surface area contributed by atoms with Crippen LogP contribution in [0.15, 0.2) is 29.0 Å². The van der Waals surface area contributed by atoms with Gasteiger partial charge in [-0.25, -0.2) is 0 Å². The minimum atomic E-state index is -0.416. The van der Waals surface area contributed by atoms with E-state index in [-0.39, 0.29) is 10.8 Å². The summed E-state index contributed by atoms with van der Waals surface area (Å²) in [4.78, 5) is 11.4. The first-order valence-corrected chi connectivity index (χ1v) is 4.34. The van der Waals surface area contributed by atoms with Crippen LogP contribution in [-0.4, -0.2) is 21.3 Å². The van der Waals surface area contributed by atoms with Crippen LogP contribution in [0.4, 0.5) is 5.82 Å². The van der Waals surface area contributed by atoms with Crippen molar-refractivity contribution < 1.29 is 9.32 Å². The summed E-state index contributed by atoms with van der Waals surface area (Å²) in [6.07, 6.45) is 1.31. The molecule has 0 radical (unpaired) electrons. The van der Waals surface area contributed by atoms with Gasteiger partial charge in [0.1, 0.15) is 6.26 Å². The standard InChI is InChI=1S/C8H5ClN4O2/c9-6-1-2-7(12-11-6)10-8(14)5-3-4-15-13-5/h1-4H,(H,10,12,14). The number of nitrogens with zero attached hydrogens (tertiary/aromatic N) is 3. The first-order valence-electron chi connectivity index (χ1n) is 3.96. The van der Waals surface area contributed by atoms with Crippen LogP contribution in [0.2, 0.25) is 5.15 Å². The van der Waals surface area contributed by atoms with E-state index in [1.54, 1.807) is 0 Å². The molecule has 0 aliphatic heterocycles. The summed E-state index contributed by atoms with van der Waals surface area (Å²) in [5.41, 5.74) is 0.173. The normalized spacial score (nSPS) is 9.93. The molecule has 0 saturated heterocycles. The monoisotopic (exact) mass is 224 g/mol. The predicted molar refractivity (Wildman–Crippen MR) is 51.5 cm³/mol. The molecule has 0 aliphatic carbocycles. The Morgan fingerprint density at radius 3 is 2.80 bits per heavy atom. The number of hydrogen-bond donors (Lipinski definition) is 1. The number of carbonyl (C=O) groups is 1. The number of carbonyl (C=O) groups excluding carboxylic acids is 1. The molecule has 0 unspecified atom stereocenters. The van der Waals surface area contributed by atoms with Crippen molar-refractivity contribution in [2.75, 3.05) is 5.32 Å².